The number of halogens is 2. The van der Waals surface area contributed by atoms with Crippen LogP contribution in [-0.2, 0) is 14.3 Å². The van der Waals surface area contributed by atoms with E-state index in [0.717, 1.165) is 0 Å². The maximum absolute atomic E-state index is 11.6. The molecule has 0 fully saturated rings. The summed E-state index contributed by atoms with van der Waals surface area (Å²) in [6, 6.07) is 5.99. The SMILES string of the molecule is COCCOCC(=O)N[C@H](C#N)c1cccc(Cl)c1Cl. The average molecular weight is 317 g/mol. The summed E-state index contributed by atoms with van der Waals surface area (Å²) in [5.74, 6) is -0.413. The van der Waals surface area contributed by atoms with Crippen molar-refractivity contribution in [2.75, 3.05) is 26.9 Å². The zero-order valence-electron chi connectivity index (χ0n) is 10.9. The number of hydrogen-bond donors (Lipinski definition) is 1. The normalized spacial score (nSPS) is 11.7. The Bertz CT molecular complexity index is 503. The van der Waals surface area contributed by atoms with Crippen LogP contribution in [0.3, 0.4) is 0 Å². The fourth-order valence-corrected chi connectivity index (χ4v) is 1.85. The molecular weight excluding hydrogens is 303 g/mol. The number of nitrogens with zero attached hydrogens (tertiary/aromatic N) is 1. The molecule has 1 N–H and O–H groups in total. The number of nitrogens with one attached hydrogen (secondary N) is 1. The van der Waals surface area contributed by atoms with E-state index in [1.807, 2.05) is 6.07 Å². The minimum atomic E-state index is -0.875. The molecule has 1 rings (SSSR count). The summed E-state index contributed by atoms with van der Waals surface area (Å²) in [7, 11) is 1.54. The molecule has 108 valence electrons. The highest BCUT2D eigenvalue weighted by molar-refractivity contribution is 6.42. The van der Waals surface area contributed by atoms with Crippen LogP contribution in [0.15, 0.2) is 18.2 Å². The Morgan fingerprint density at radius 3 is 2.85 bits per heavy atom. The highest BCUT2D eigenvalue weighted by atomic mass is 35.5. The van der Waals surface area contributed by atoms with Crippen molar-refractivity contribution in [1.82, 2.24) is 5.32 Å². The molecule has 1 aromatic rings. The monoisotopic (exact) mass is 316 g/mol. The first-order valence-corrected chi connectivity index (χ1v) is 6.55. The van der Waals surface area contributed by atoms with Crippen molar-refractivity contribution in [2.24, 2.45) is 0 Å². The van der Waals surface area contributed by atoms with Crippen LogP contribution in [0.1, 0.15) is 11.6 Å². The number of carbonyl (C=O) groups is 1. The van der Waals surface area contributed by atoms with Crippen molar-refractivity contribution in [1.29, 1.82) is 5.26 Å². The summed E-state index contributed by atoms with van der Waals surface area (Å²) in [4.78, 5) is 11.6. The van der Waals surface area contributed by atoms with E-state index in [9.17, 15) is 4.79 Å². The third-order valence-electron chi connectivity index (χ3n) is 2.39. The van der Waals surface area contributed by atoms with Crippen molar-refractivity contribution < 1.29 is 14.3 Å². The van der Waals surface area contributed by atoms with Gasteiger partial charge in [0, 0.05) is 12.7 Å². The molecule has 0 bridgehead atoms. The molecule has 0 radical (unpaired) electrons. The lowest BCUT2D eigenvalue weighted by Crippen LogP contribution is -2.31. The first kappa shape index (κ1) is 16.7. The zero-order chi connectivity index (χ0) is 15.0. The highest BCUT2D eigenvalue weighted by Crippen LogP contribution is 2.29. The number of ether oxygens (including phenoxy) is 2. The lowest BCUT2D eigenvalue weighted by molar-refractivity contribution is -0.126. The highest BCUT2D eigenvalue weighted by Gasteiger charge is 2.18. The Balaban J connectivity index is 2.61. The molecule has 5 nitrogen and oxygen atoms in total. The van der Waals surface area contributed by atoms with Crippen LogP contribution in [0.5, 0.6) is 0 Å². The van der Waals surface area contributed by atoms with E-state index in [-0.39, 0.29) is 11.6 Å². The van der Waals surface area contributed by atoms with Crippen LogP contribution in [0.4, 0.5) is 0 Å². The van der Waals surface area contributed by atoms with E-state index >= 15 is 0 Å². The van der Waals surface area contributed by atoms with Crippen LogP contribution >= 0.6 is 23.2 Å². The molecule has 0 aliphatic carbocycles. The molecule has 20 heavy (non-hydrogen) atoms. The fraction of sp³-hybridized carbons (Fsp3) is 0.385. The summed E-state index contributed by atoms with van der Waals surface area (Å²) in [5.41, 5.74) is 0.451. The summed E-state index contributed by atoms with van der Waals surface area (Å²) < 4.78 is 9.85. The van der Waals surface area contributed by atoms with E-state index in [2.05, 4.69) is 5.32 Å². The standard InChI is InChI=1S/C13H14Cl2N2O3/c1-19-5-6-20-8-12(18)17-11(7-16)9-3-2-4-10(14)13(9)15/h2-4,11H,5-6,8H2,1H3,(H,17,18)/t11-/m1/s1. The molecule has 0 unspecified atom stereocenters. The van der Waals surface area contributed by atoms with Crippen LogP contribution in [-0.4, -0.2) is 32.8 Å². The van der Waals surface area contributed by atoms with E-state index in [4.69, 9.17) is 37.9 Å². The summed E-state index contributed by atoms with van der Waals surface area (Å²) in [6.07, 6.45) is 0. The van der Waals surface area contributed by atoms with Crippen LogP contribution in [0.2, 0.25) is 10.0 Å². The summed E-state index contributed by atoms with van der Waals surface area (Å²) in [6.45, 7) is 0.549. The van der Waals surface area contributed by atoms with Gasteiger partial charge in [-0.1, -0.05) is 35.3 Å². The van der Waals surface area contributed by atoms with E-state index in [1.165, 1.54) is 7.11 Å². The van der Waals surface area contributed by atoms with Gasteiger partial charge in [0.15, 0.2) is 0 Å². The van der Waals surface area contributed by atoms with Gasteiger partial charge in [-0.15, -0.1) is 0 Å². The fourth-order valence-electron chi connectivity index (χ4n) is 1.43. The van der Waals surface area contributed by atoms with Gasteiger partial charge in [0.25, 0.3) is 0 Å². The third kappa shape index (κ3) is 4.99. The van der Waals surface area contributed by atoms with E-state index in [0.29, 0.717) is 23.8 Å². The molecule has 0 spiro atoms. The Labute approximate surface area is 127 Å². The predicted octanol–water partition coefficient (Wildman–Crippen LogP) is 2.34. The molecule has 0 saturated carbocycles. The maximum atomic E-state index is 11.6. The molecule has 1 aromatic carbocycles. The molecule has 0 aliphatic rings. The van der Waals surface area contributed by atoms with Gasteiger partial charge < -0.3 is 14.8 Å². The predicted molar refractivity (Wildman–Crippen MR) is 75.7 cm³/mol. The number of hydrogen-bond acceptors (Lipinski definition) is 4. The van der Waals surface area contributed by atoms with Gasteiger partial charge in [-0.2, -0.15) is 5.26 Å². The minimum absolute atomic E-state index is 0.153. The molecule has 0 saturated heterocycles. The molecule has 1 amide bonds. The van der Waals surface area contributed by atoms with Crippen LogP contribution in [0, 0.1) is 11.3 Å². The lowest BCUT2D eigenvalue weighted by atomic mass is 10.1. The smallest absolute Gasteiger partial charge is 0.247 e. The second-order valence-electron chi connectivity index (χ2n) is 3.82. The van der Waals surface area contributed by atoms with Gasteiger partial charge in [0.05, 0.1) is 29.3 Å². The van der Waals surface area contributed by atoms with Crippen molar-refractivity contribution in [3.8, 4) is 6.07 Å². The number of benzene rings is 1. The van der Waals surface area contributed by atoms with Gasteiger partial charge in [-0.25, -0.2) is 0 Å². The minimum Gasteiger partial charge on any atom is -0.382 e. The van der Waals surface area contributed by atoms with Gasteiger partial charge >= 0.3 is 0 Å². The Morgan fingerprint density at radius 1 is 1.45 bits per heavy atom. The van der Waals surface area contributed by atoms with Crippen LogP contribution in [0.25, 0.3) is 0 Å². The van der Waals surface area contributed by atoms with E-state index in [1.54, 1.807) is 18.2 Å². The zero-order valence-corrected chi connectivity index (χ0v) is 12.4. The Morgan fingerprint density at radius 2 is 2.20 bits per heavy atom. The number of nitriles is 1. The van der Waals surface area contributed by atoms with Gasteiger partial charge in [-0.3, -0.25) is 4.79 Å². The molecule has 0 aliphatic heterocycles. The first-order valence-electron chi connectivity index (χ1n) is 5.79. The largest absolute Gasteiger partial charge is 0.382 e. The van der Waals surface area contributed by atoms with Crippen molar-refractivity contribution >= 4 is 29.1 Å². The number of methoxy groups -OCH3 is 1. The topological polar surface area (TPSA) is 71.3 Å². The molecule has 0 heterocycles. The van der Waals surface area contributed by atoms with E-state index < -0.39 is 11.9 Å². The van der Waals surface area contributed by atoms with Crippen molar-refractivity contribution in [3.05, 3.63) is 33.8 Å². The quantitative estimate of drug-likeness (QED) is 0.784. The second-order valence-corrected chi connectivity index (χ2v) is 4.60. The summed E-state index contributed by atoms with van der Waals surface area (Å²) >= 11 is 11.9. The average Bonchev–Trinajstić information content (AvgIpc) is 2.44. The van der Waals surface area contributed by atoms with Crippen molar-refractivity contribution in [2.45, 2.75) is 6.04 Å². The van der Waals surface area contributed by atoms with Crippen LogP contribution < -0.4 is 5.32 Å². The van der Waals surface area contributed by atoms with Gasteiger partial charge in [-0.05, 0) is 6.07 Å². The molecule has 1 atom stereocenters. The van der Waals surface area contributed by atoms with Gasteiger partial charge in [0.2, 0.25) is 5.91 Å². The number of rotatable bonds is 7. The number of amides is 1. The first-order chi connectivity index (χ1) is 9.60. The Hall–Kier alpha value is -1.32. The Kier molecular flexibility index (Phi) is 7.34. The van der Waals surface area contributed by atoms with Crippen molar-refractivity contribution in [3.63, 3.8) is 0 Å². The summed E-state index contributed by atoms with van der Waals surface area (Å²) in [5, 5.41) is 12.2. The molecule has 7 heteroatoms. The second kappa shape index (κ2) is 8.77. The van der Waals surface area contributed by atoms with Gasteiger partial charge in [0.1, 0.15) is 12.6 Å². The maximum Gasteiger partial charge on any atom is 0.247 e. The molecular formula is C13H14Cl2N2O3. The molecule has 0 aromatic heterocycles. The third-order valence-corrected chi connectivity index (χ3v) is 3.23. The number of carbonyl (C=O) groups excluding carboxylic acids is 1. The lowest BCUT2D eigenvalue weighted by Gasteiger charge is -2.14.